The highest BCUT2D eigenvalue weighted by atomic mass is 32.2. The topological polar surface area (TPSA) is 81.0 Å². The van der Waals surface area contributed by atoms with Crippen LogP contribution in [0.15, 0.2) is 52.9 Å². The molecule has 0 bridgehead atoms. The van der Waals surface area contributed by atoms with Crippen LogP contribution in [0.2, 0.25) is 0 Å². The van der Waals surface area contributed by atoms with Crippen LogP contribution in [-0.4, -0.2) is 15.1 Å². The molecule has 0 aliphatic carbocycles. The molecule has 0 fully saturated rings. The normalized spacial score (nSPS) is 10.5. The largest absolute Gasteiger partial charge is 0.328 e. The molecule has 0 saturated carbocycles. The van der Waals surface area contributed by atoms with Crippen molar-refractivity contribution in [2.75, 3.05) is 5.32 Å². The molecule has 6 nitrogen and oxygen atoms in total. The van der Waals surface area contributed by atoms with Crippen molar-refractivity contribution in [1.82, 2.24) is 10.2 Å². The number of hydrogen-bond acceptors (Lipinski definition) is 7. The first kappa shape index (κ1) is 16.3. The standard InChI is InChI=1S/C15H11FN4O2S2/c16-11-6-2-3-7-12(11)17-14-18-19-15(24-14)23-9-10-5-1-4-8-13(10)20(21)22/h1-8H,9H2,(H,17,18). The summed E-state index contributed by atoms with van der Waals surface area (Å²) in [4.78, 5) is 10.6. The number of para-hydroxylation sites is 2. The maximum Gasteiger partial charge on any atom is 0.273 e. The molecule has 0 unspecified atom stereocenters. The predicted octanol–water partition coefficient (Wildman–Crippen LogP) is 4.62. The summed E-state index contributed by atoms with van der Waals surface area (Å²) in [5.41, 5.74) is 1.02. The van der Waals surface area contributed by atoms with Crippen LogP contribution in [-0.2, 0) is 5.75 Å². The summed E-state index contributed by atoms with van der Waals surface area (Å²) >= 11 is 2.61. The third-order valence-corrected chi connectivity index (χ3v) is 5.08. The molecule has 0 aliphatic heterocycles. The van der Waals surface area contributed by atoms with E-state index in [4.69, 9.17) is 0 Å². The molecule has 9 heteroatoms. The summed E-state index contributed by atoms with van der Waals surface area (Å²) in [5.74, 6) is 0.0349. The SMILES string of the molecule is O=[N+]([O-])c1ccccc1CSc1nnc(Nc2ccccc2F)s1. The van der Waals surface area contributed by atoms with E-state index >= 15 is 0 Å². The van der Waals surface area contributed by atoms with Gasteiger partial charge >= 0.3 is 0 Å². The van der Waals surface area contributed by atoms with Crippen LogP contribution in [0.25, 0.3) is 0 Å². The summed E-state index contributed by atoms with van der Waals surface area (Å²) in [7, 11) is 0. The summed E-state index contributed by atoms with van der Waals surface area (Å²) in [5, 5.41) is 22.3. The molecule has 2 aromatic carbocycles. The molecule has 0 aliphatic rings. The second-order valence-corrected chi connectivity index (χ2v) is 6.85. The Balaban J connectivity index is 1.67. The summed E-state index contributed by atoms with van der Waals surface area (Å²) in [6, 6.07) is 12.9. The van der Waals surface area contributed by atoms with Gasteiger partial charge in [-0.1, -0.05) is 53.4 Å². The minimum absolute atomic E-state index is 0.0826. The zero-order chi connectivity index (χ0) is 16.9. The van der Waals surface area contributed by atoms with Crippen molar-refractivity contribution in [3.05, 3.63) is 70.0 Å². The molecular formula is C15H11FN4O2S2. The van der Waals surface area contributed by atoms with Gasteiger partial charge in [0.15, 0.2) is 4.34 Å². The van der Waals surface area contributed by atoms with Crippen molar-refractivity contribution in [3.63, 3.8) is 0 Å². The molecule has 0 atom stereocenters. The van der Waals surface area contributed by atoms with Gasteiger partial charge < -0.3 is 5.32 Å². The molecule has 3 rings (SSSR count). The molecular weight excluding hydrogens is 351 g/mol. The number of nitro groups is 1. The van der Waals surface area contributed by atoms with Crippen LogP contribution in [0.5, 0.6) is 0 Å². The third-order valence-electron chi connectivity index (χ3n) is 3.06. The molecule has 3 aromatic rings. The van der Waals surface area contributed by atoms with Crippen LogP contribution >= 0.6 is 23.1 Å². The quantitative estimate of drug-likeness (QED) is 0.391. The van der Waals surface area contributed by atoms with E-state index in [1.165, 1.54) is 35.2 Å². The number of anilines is 2. The van der Waals surface area contributed by atoms with Crippen LogP contribution < -0.4 is 5.32 Å². The molecule has 0 saturated heterocycles. The number of aromatic nitrogens is 2. The highest BCUT2D eigenvalue weighted by molar-refractivity contribution is 8.00. The second-order valence-electron chi connectivity index (χ2n) is 4.65. The van der Waals surface area contributed by atoms with E-state index in [0.717, 1.165) is 0 Å². The smallest absolute Gasteiger partial charge is 0.273 e. The first-order valence-corrected chi connectivity index (χ1v) is 8.64. The summed E-state index contributed by atoms with van der Waals surface area (Å²) in [6.07, 6.45) is 0. The number of rotatable bonds is 6. The van der Waals surface area contributed by atoms with Crippen molar-refractivity contribution in [1.29, 1.82) is 0 Å². The van der Waals surface area contributed by atoms with Crippen LogP contribution in [0.1, 0.15) is 5.56 Å². The summed E-state index contributed by atoms with van der Waals surface area (Å²) in [6.45, 7) is 0. The Morgan fingerprint density at radius 2 is 1.92 bits per heavy atom. The Kier molecular flexibility index (Phi) is 5.02. The lowest BCUT2D eigenvalue weighted by atomic mass is 10.2. The number of halogens is 1. The molecule has 1 aromatic heterocycles. The summed E-state index contributed by atoms with van der Waals surface area (Å²) < 4.78 is 14.2. The van der Waals surface area contributed by atoms with Gasteiger partial charge in [-0.15, -0.1) is 10.2 Å². The van der Waals surface area contributed by atoms with Gasteiger partial charge in [0.2, 0.25) is 5.13 Å². The molecule has 1 N–H and O–H groups in total. The number of nitrogens with one attached hydrogen (secondary N) is 1. The fourth-order valence-electron chi connectivity index (χ4n) is 1.95. The van der Waals surface area contributed by atoms with E-state index in [9.17, 15) is 14.5 Å². The third kappa shape index (κ3) is 3.87. The van der Waals surface area contributed by atoms with E-state index in [1.54, 1.807) is 36.4 Å². The maximum atomic E-state index is 13.6. The van der Waals surface area contributed by atoms with Crippen molar-refractivity contribution < 1.29 is 9.31 Å². The van der Waals surface area contributed by atoms with E-state index in [-0.39, 0.29) is 11.5 Å². The Morgan fingerprint density at radius 3 is 2.71 bits per heavy atom. The monoisotopic (exact) mass is 362 g/mol. The number of benzene rings is 2. The molecule has 0 spiro atoms. The average Bonchev–Trinajstić information content (AvgIpc) is 3.03. The van der Waals surface area contributed by atoms with E-state index in [2.05, 4.69) is 15.5 Å². The number of hydrogen-bond donors (Lipinski definition) is 1. The van der Waals surface area contributed by atoms with Gasteiger partial charge in [-0.25, -0.2) is 4.39 Å². The van der Waals surface area contributed by atoms with E-state index < -0.39 is 4.92 Å². The maximum absolute atomic E-state index is 13.6. The predicted molar refractivity (Wildman–Crippen MR) is 92.2 cm³/mol. The Hall–Kier alpha value is -2.52. The van der Waals surface area contributed by atoms with Crippen molar-refractivity contribution in [3.8, 4) is 0 Å². The van der Waals surface area contributed by atoms with Crippen molar-refractivity contribution >= 4 is 39.6 Å². The lowest BCUT2D eigenvalue weighted by Crippen LogP contribution is -1.93. The molecule has 1 heterocycles. The van der Waals surface area contributed by atoms with Gasteiger partial charge in [-0.2, -0.15) is 0 Å². The van der Waals surface area contributed by atoms with Crippen molar-refractivity contribution in [2.45, 2.75) is 10.1 Å². The molecule has 0 amide bonds. The van der Waals surface area contributed by atoms with Crippen LogP contribution in [0, 0.1) is 15.9 Å². The first-order valence-electron chi connectivity index (χ1n) is 6.83. The van der Waals surface area contributed by atoms with Gasteiger partial charge in [0.1, 0.15) is 5.82 Å². The van der Waals surface area contributed by atoms with Gasteiger partial charge in [0, 0.05) is 17.4 Å². The first-order chi connectivity index (χ1) is 11.6. The number of nitro benzene ring substituents is 1. The van der Waals surface area contributed by atoms with E-state index in [0.29, 0.717) is 26.5 Å². The number of nitrogens with zero attached hydrogens (tertiary/aromatic N) is 3. The van der Waals surface area contributed by atoms with Crippen LogP contribution in [0.3, 0.4) is 0 Å². The second kappa shape index (κ2) is 7.37. The molecule has 24 heavy (non-hydrogen) atoms. The Labute approximate surface area is 144 Å². The van der Waals surface area contributed by atoms with Crippen LogP contribution in [0.4, 0.5) is 20.9 Å². The van der Waals surface area contributed by atoms with Gasteiger partial charge in [0.05, 0.1) is 10.6 Å². The lowest BCUT2D eigenvalue weighted by Gasteiger charge is -2.02. The average molecular weight is 362 g/mol. The van der Waals surface area contributed by atoms with Gasteiger partial charge in [0.25, 0.3) is 5.69 Å². The Bertz CT molecular complexity index is 872. The zero-order valence-electron chi connectivity index (χ0n) is 12.2. The van der Waals surface area contributed by atoms with Crippen molar-refractivity contribution in [2.24, 2.45) is 0 Å². The highest BCUT2D eigenvalue weighted by Crippen LogP contribution is 2.32. The molecule has 0 radical (unpaired) electrons. The minimum atomic E-state index is -0.402. The fraction of sp³-hybridized carbons (Fsp3) is 0.0667. The highest BCUT2D eigenvalue weighted by Gasteiger charge is 2.14. The lowest BCUT2D eigenvalue weighted by molar-refractivity contribution is -0.385. The fourth-order valence-corrected chi connectivity index (χ4v) is 3.71. The zero-order valence-corrected chi connectivity index (χ0v) is 13.8. The number of thioether (sulfide) groups is 1. The minimum Gasteiger partial charge on any atom is -0.328 e. The van der Waals surface area contributed by atoms with Gasteiger partial charge in [-0.05, 0) is 12.1 Å². The Morgan fingerprint density at radius 1 is 1.17 bits per heavy atom. The van der Waals surface area contributed by atoms with Gasteiger partial charge in [-0.3, -0.25) is 10.1 Å². The van der Waals surface area contributed by atoms with E-state index in [1.807, 2.05) is 0 Å². The molecule has 122 valence electrons.